The minimum absolute atomic E-state index is 0.482. The van der Waals surface area contributed by atoms with Crippen LogP contribution in [0.25, 0.3) is 6.08 Å². The molecule has 0 aromatic heterocycles. The van der Waals surface area contributed by atoms with Crippen LogP contribution >= 0.6 is 0 Å². The van der Waals surface area contributed by atoms with Crippen LogP contribution in [-0.4, -0.2) is 0 Å². The van der Waals surface area contributed by atoms with Gasteiger partial charge in [0.1, 0.15) is 0 Å². The molecular weight excluding hydrogens is 144 g/mol. The highest BCUT2D eigenvalue weighted by Crippen LogP contribution is 2.51. The Bertz CT molecular complexity index is 304. The Hall–Kier alpha value is -1.04. The molecule has 0 heteroatoms. The van der Waals surface area contributed by atoms with E-state index in [2.05, 4.69) is 50.3 Å². The van der Waals surface area contributed by atoms with Gasteiger partial charge in [-0.25, -0.2) is 0 Å². The third-order valence-corrected chi connectivity index (χ3v) is 2.52. The van der Waals surface area contributed by atoms with Crippen LogP contribution in [0.5, 0.6) is 0 Å². The summed E-state index contributed by atoms with van der Waals surface area (Å²) in [5.41, 5.74) is 3.39. The van der Waals surface area contributed by atoms with Crippen LogP contribution < -0.4 is 0 Å². The monoisotopic (exact) mass is 158 g/mol. The topological polar surface area (TPSA) is 0 Å². The Kier molecular flexibility index (Phi) is 1.57. The first-order valence-corrected chi connectivity index (χ1v) is 4.45. The van der Waals surface area contributed by atoms with Crippen molar-refractivity contribution in [1.82, 2.24) is 0 Å². The summed E-state index contributed by atoms with van der Waals surface area (Å²) >= 11 is 0. The molecule has 0 bridgehead atoms. The second-order valence-corrected chi connectivity index (χ2v) is 4.14. The fourth-order valence-electron chi connectivity index (χ4n) is 1.43. The van der Waals surface area contributed by atoms with Gasteiger partial charge in [-0.05, 0) is 17.4 Å². The fourth-order valence-corrected chi connectivity index (χ4v) is 1.43. The molecule has 0 saturated heterocycles. The van der Waals surface area contributed by atoms with Crippen molar-refractivity contribution in [3.05, 3.63) is 41.5 Å². The predicted octanol–water partition coefficient (Wildman–Crippen LogP) is 3.50. The zero-order valence-corrected chi connectivity index (χ0v) is 7.67. The normalized spacial score (nSPS) is 22.7. The van der Waals surface area contributed by atoms with Crippen LogP contribution in [0.4, 0.5) is 0 Å². The highest BCUT2D eigenvalue weighted by atomic mass is 14.4. The van der Waals surface area contributed by atoms with E-state index >= 15 is 0 Å². The molecule has 0 atom stereocenters. The summed E-state index contributed by atoms with van der Waals surface area (Å²) in [6.07, 6.45) is 3.57. The molecule has 0 amide bonds. The molecule has 0 heterocycles. The van der Waals surface area contributed by atoms with Gasteiger partial charge in [0.05, 0.1) is 0 Å². The van der Waals surface area contributed by atoms with E-state index in [1.807, 2.05) is 0 Å². The van der Waals surface area contributed by atoms with Gasteiger partial charge in [0.2, 0.25) is 0 Å². The average molecular weight is 158 g/mol. The fraction of sp³-hybridized carbons (Fsp3) is 0.333. The van der Waals surface area contributed by atoms with Crippen molar-refractivity contribution in [3.63, 3.8) is 0 Å². The van der Waals surface area contributed by atoms with Crippen LogP contribution in [-0.2, 0) is 0 Å². The smallest absolute Gasteiger partial charge is 0.0104 e. The summed E-state index contributed by atoms with van der Waals surface area (Å²) in [6, 6.07) is 10.5. The van der Waals surface area contributed by atoms with Gasteiger partial charge in [-0.15, -0.1) is 0 Å². The van der Waals surface area contributed by atoms with Gasteiger partial charge in [0.25, 0.3) is 0 Å². The minimum atomic E-state index is 0.482. The Balaban J connectivity index is 2.21. The molecule has 0 unspecified atom stereocenters. The number of benzene rings is 1. The highest BCUT2D eigenvalue weighted by molar-refractivity contribution is 5.59. The van der Waals surface area contributed by atoms with Gasteiger partial charge in [0, 0.05) is 0 Å². The number of allylic oxidation sites excluding steroid dienone is 1. The largest absolute Gasteiger partial charge is 0.0628 e. The molecule has 1 aromatic carbocycles. The van der Waals surface area contributed by atoms with Crippen molar-refractivity contribution < 1.29 is 0 Å². The summed E-state index contributed by atoms with van der Waals surface area (Å²) in [6.45, 7) is 4.59. The average Bonchev–Trinajstić information content (AvgIpc) is 2.61. The lowest BCUT2D eigenvalue weighted by atomic mass is 10.1. The molecule has 1 saturated carbocycles. The maximum Gasteiger partial charge on any atom is -0.0104 e. The van der Waals surface area contributed by atoms with E-state index in [-0.39, 0.29) is 0 Å². The Morgan fingerprint density at radius 2 is 1.75 bits per heavy atom. The van der Waals surface area contributed by atoms with Crippen LogP contribution in [0.3, 0.4) is 0 Å². The molecule has 0 N–H and O–H groups in total. The van der Waals surface area contributed by atoms with Crippen LogP contribution in [0.2, 0.25) is 0 Å². The standard InChI is InChI=1S/C12H14/c1-12(2)9-11(12)8-10-6-4-3-5-7-10/h3-8H,9H2,1-2H3/b11-8-. The number of hydrogen-bond acceptors (Lipinski definition) is 0. The maximum atomic E-state index is 2.31. The van der Waals surface area contributed by atoms with Crippen molar-refractivity contribution in [3.8, 4) is 0 Å². The summed E-state index contributed by atoms with van der Waals surface area (Å²) in [5, 5.41) is 0. The van der Waals surface area contributed by atoms with Crippen molar-refractivity contribution in [1.29, 1.82) is 0 Å². The van der Waals surface area contributed by atoms with E-state index in [0.29, 0.717) is 5.41 Å². The Labute approximate surface area is 73.9 Å². The zero-order chi connectivity index (χ0) is 8.60. The molecule has 1 aliphatic carbocycles. The van der Waals surface area contributed by atoms with Gasteiger partial charge >= 0.3 is 0 Å². The molecule has 1 fully saturated rings. The van der Waals surface area contributed by atoms with Gasteiger partial charge < -0.3 is 0 Å². The van der Waals surface area contributed by atoms with E-state index in [9.17, 15) is 0 Å². The SMILES string of the molecule is CC1(C)C/C1=C/c1ccccc1. The molecule has 2 rings (SSSR count). The second kappa shape index (κ2) is 2.48. The van der Waals surface area contributed by atoms with Crippen molar-refractivity contribution in [2.75, 3.05) is 0 Å². The lowest BCUT2D eigenvalue weighted by Crippen LogP contribution is -1.79. The number of rotatable bonds is 1. The zero-order valence-electron chi connectivity index (χ0n) is 7.67. The molecule has 0 radical (unpaired) electrons. The molecular formula is C12H14. The van der Waals surface area contributed by atoms with Crippen LogP contribution in [0.15, 0.2) is 35.9 Å². The van der Waals surface area contributed by atoms with E-state index in [0.717, 1.165) is 0 Å². The molecule has 0 nitrogen and oxygen atoms in total. The van der Waals surface area contributed by atoms with Crippen LogP contribution in [0.1, 0.15) is 25.8 Å². The summed E-state index contributed by atoms with van der Waals surface area (Å²) in [5.74, 6) is 0. The predicted molar refractivity (Wildman–Crippen MR) is 52.8 cm³/mol. The van der Waals surface area contributed by atoms with E-state index in [1.165, 1.54) is 12.0 Å². The molecule has 62 valence electrons. The van der Waals surface area contributed by atoms with Gasteiger partial charge in [-0.3, -0.25) is 0 Å². The second-order valence-electron chi connectivity index (χ2n) is 4.14. The summed E-state index contributed by atoms with van der Waals surface area (Å²) in [7, 11) is 0. The van der Waals surface area contributed by atoms with E-state index in [4.69, 9.17) is 0 Å². The molecule has 0 spiro atoms. The molecule has 1 aromatic rings. The van der Waals surface area contributed by atoms with Crippen molar-refractivity contribution in [2.24, 2.45) is 5.41 Å². The highest BCUT2D eigenvalue weighted by Gasteiger charge is 2.38. The van der Waals surface area contributed by atoms with Crippen molar-refractivity contribution in [2.45, 2.75) is 20.3 Å². The quantitative estimate of drug-likeness (QED) is 0.586. The van der Waals surface area contributed by atoms with Crippen LogP contribution in [0, 0.1) is 5.41 Å². The van der Waals surface area contributed by atoms with E-state index < -0.39 is 0 Å². The Morgan fingerprint density at radius 3 is 2.25 bits per heavy atom. The summed E-state index contributed by atoms with van der Waals surface area (Å²) in [4.78, 5) is 0. The van der Waals surface area contributed by atoms with Gasteiger partial charge in [0.15, 0.2) is 0 Å². The third kappa shape index (κ3) is 1.42. The first-order chi connectivity index (χ1) is 5.68. The first kappa shape index (κ1) is 7.60. The molecule has 12 heavy (non-hydrogen) atoms. The Morgan fingerprint density at radius 1 is 1.17 bits per heavy atom. The summed E-state index contributed by atoms with van der Waals surface area (Å²) < 4.78 is 0. The minimum Gasteiger partial charge on any atom is -0.0628 e. The van der Waals surface area contributed by atoms with Gasteiger partial charge in [-0.1, -0.05) is 55.8 Å². The first-order valence-electron chi connectivity index (χ1n) is 4.45. The number of hydrogen-bond donors (Lipinski definition) is 0. The van der Waals surface area contributed by atoms with Gasteiger partial charge in [-0.2, -0.15) is 0 Å². The van der Waals surface area contributed by atoms with Crippen molar-refractivity contribution >= 4 is 6.08 Å². The third-order valence-electron chi connectivity index (χ3n) is 2.52. The maximum absolute atomic E-state index is 2.31. The lowest BCUT2D eigenvalue weighted by molar-refractivity contribution is 0.687. The van der Waals surface area contributed by atoms with E-state index in [1.54, 1.807) is 5.57 Å². The molecule has 1 aliphatic rings. The lowest BCUT2D eigenvalue weighted by Gasteiger charge is -1.93. The molecule has 0 aliphatic heterocycles.